The van der Waals surface area contributed by atoms with Gasteiger partial charge < -0.3 is 11.1 Å². The van der Waals surface area contributed by atoms with Gasteiger partial charge in [-0.25, -0.2) is 9.98 Å². The SMILES string of the molecule is CC(C)C[C@]1(C)CC(=O)N(Cc2nc(C(=O)N[C@@H](C)c3ccccc3)cs2)C(N)=N1. The van der Waals surface area contributed by atoms with Gasteiger partial charge in [0.15, 0.2) is 5.96 Å². The number of hydrogen-bond acceptors (Lipinski definition) is 6. The second kappa shape index (κ2) is 8.95. The highest BCUT2D eigenvalue weighted by Gasteiger charge is 2.36. The zero-order chi connectivity index (χ0) is 21.9. The molecule has 1 aromatic carbocycles. The third-order valence-electron chi connectivity index (χ3n) is 5.07. The highest BCUT2D eigenvalue weighted by Crippen LogP contribution is 2.30. The van der Waals surface area contributed by atoms with Crippen molar-refractivity contribution in [1.82, 2.24) is 15.2 Å². The first kappa shape index (κ1) is 22.0. The molecule has 2 amide bonds. The lowest BCUT2D eigenvalue weighted by Crippen LogP contribution is -2.50. The molecule has 1 aliphatic heterocycles. The Bertz CT molecular complexity index is 940. The zero-order valence-corrected chi connectivity index (χ0v) is 18.7. The minimum Gasteiger partial charge on any atom is -0.369 e. The molecule has 0 radical (unpaired) electrons. The minimum atomic E-state index is -0.465. The molecule has 1 aromatic heterocycles. The molecule has 7 nitrogen and oxygen atoms in total. The summed E-state index contributed by atoms with van der Waals surface area (Å²) in [4.78, 5) is 35.7. The molecule has 0 spiro atoms. The van der Waals surface area contributed by atoms with Gasteiger partial charge >= 0.3 is 0 Å². The maximum absolute atomic E-state index is 12.7. The maximum Gasteiger partial charge on any atom is 0.271 e. The lowest BCUT2D eigenvalue weighted by Gasteiger charge is -2.35. The van der Waals surface area contributed by atoms with Crippen LogP contribution >= 0.6 is 11.3 Å². The molecule has 0 saturated carbocycles. The van der Waals surface area contributed by atoms with E-state index in [1.165, 1.54) is 16.2 Å². The molecular formula is C22H29N5O2S. The molecule has 0 fully saturated rings. The van der Waals surface area contributed by atoms with Crippen LogP contribution in [-0.2, 0) is 11.3 Å². The topological polar surface area (TPSA) is 101 Å². The fourth-order valence-corrected chi connectivity index (χ4v) is 4.57. The lowest BCUT2D eigenvalue weighted by molar-refractivity contribution is -0.130. The normalized spacial score (nSPS) is 20.2. The largest absolute Gasteiger partial charge is 0.369 e. The third kappa shape index (κ3) is 5.24. The van der Waals surface area contributed by atoms with Crippen LogP contribution in [0.15, 0.2) is 40.7 Å². The van der Waals surface area contributed by atoms with Gasteiger partial charge in [0.05, 0.1) is 24.5 Å². The number of thiazole rings is 1. The summed E-state index contributed by atoms with van der Waals surface area (Å²) in [7, 11) is 0. The predicted molar refractivity (Wildman–Crippen MR) is 119 cm³/mol. The van der Waals surface area contributed by atoms with Crippen molar-refractivity contribution in [3.63, 3.8) is 0 Å². The third-order valence-corrected chi connectivity index (χ3v) is 5.90. The summed E-state index contributed by atoms with van der Waals surface area (Å²) in [6.07, 6.45) is 1.12. The molecule has 0 bridgehead atoms. The number of nitrogens with two attached hydrogens (primary N) is 1. The molecular weight excluding hydrogens is 398 g/mol. The van der Waals surface area contributed by atoms with Crippen molar-refractivity contribution in [2.45, 2.75) is 58.7 Å². The summed E-state index contributed by atoms with van der Waals surface area (Å²) < 4.78 is 0. The Morgan fingerprint density at radius 3 is 2.63 bits per heavy atom. The molecule has 2 heterocycles. The Morgan fingerprint density at radius 1 is 1.30 bits per heavy atom. The zero-order valence-electron chi connectivity index (χ0n) is 17.9. The number of nitrogens with one attached hydrogen (secondary N) is 1. The van der Waals surface area contributed by atoms with Crippen LogP contribution < -0.4 is 11.1 Å². The van der Waals surface area contributed by atoms with Crippen molar-refractivity contribution in [3.05, 3.63) is 52.0 Å². The van der Waals surface area contributed by atoms with Crippen LogP contribution in [0, 0.1) is 5.92 Å². The van der Waals surface area contributed by atoms with Crippen LogP contribution in [-0.4, -0.2) is 33.2 Å². The van der Waals surface area contributed by atoms with Gasteiger partial charge in [-0.15, -0.1) is 11.3 Å². The molecule has 30 heavy (non-hydrogen) atoms. The molecule has 0 unspecified atom stereocenters. The van der Waals surface area contributed by atoms with Crippen molar-refractivity contribution >= 4 is 29.1 Å². The summed E-state index contributed by atoms with van der Waals surface area (Å²) in [6, 6.07) is 9.61. The van der Waals surface area contributed by atoms with Gasteiger partial charge in [-0.2, -0.15) is 0 Å². The molecule has 2 atom stereocenters. The number of carbonyl (C=O) groups excluding carboxylic acids is 2. The van der Waals surface area contributed by atoms with Crippen molar-refractivity contribution in [3.8, 4) is 0 Å². The molecule has 160 valence electrons. The van der Waals surface area contributed by atoms with Crippen LogP contribution in [0.4, 0.5) is 0 Å². The predicted octanol–water partition coefficient (Wildman–Crippen LogP) is 3.49. The Kier molecular flexibility index (Phi) is 6.55. The van der Waals surface area contributed by atoms with Gasteiger partial charge in [0, 0.05) is 5.38 Å². The summed E-state index contributed by atoms with van der Waals surface area (Å²) >= 11 is 1.33. The molecule has 1 aliphatic rings. The van der Waals surface area contributed by atoms with E-state index in [0.717, 1.165) is 12.0 Å². The van der Waals surface area contributed by atoms with Crippen LogP contribution in [0.25, 0.3) is 0 Å². The number of nitrogens with zero attached hydrogens (tertiary/aromatic N) is 3. The molecule has 0 saturated heterocycles. The van der Waals surface area contributed by atoms with E-state index in [1.54, 1.807) is 5.38 Å². The van der Waals surface area contributed by atoms with Crippen molar-refractivity contribution in [1.29, 1.82) is 0 Å². The van der Waals surface area contributed by atoms with Crippen molar-refractivity contribution in [2.75, 3.05) is 0 Å². The number of aromatic nitrogens is 1. The van der Waals surface area contributed by atoms with E-state index in [4.69, 9.17) is 5.73 Å². The number of guanidine groups is 1. The van der Waals surface area contributed by atoms with E-state index < -0.39 is 5.54 Å². The van der Waals surface area contributed by atoms with Gasteiger partial charge in [0.2, 0.25) is 5.91 Å². The molecule has 0 aliphatic carbocycles. The van der Waals surface area contributed by atoms with Gasteiger partial charge in [-0.3, -0.25) is 14.5 Å². The Morgan fingerprint density at radius 2 is 2.00 bits per heavy atom. The average molecular weight is 428 g/mol. The summed E-state index contributed by atoms with van der Waals surface area (Å²) in [5.74, 6) is 0.326. The monoisotopic (exact) mass is 427 g/mol. The molecule has 8 heteroatoms. The van der Waals surface area contributed by atoms with E-state index in [-0.39, 0.29) is 30.4 Å². The van der Waals surface area contributed by atoms with Gasteiger partial charge in [0.25, 0.3) is 5.91 Å². The maximum atomic E-state index is 12.7. The van der Waals surface area contributed by atoms with Gasteiger partial charge in [0.1, 0.15) is 10.7 Å². The minimum absolute atomic E-state index is 0.0652. The van der Waals surface area contributed by atoms with Crippen LogP contribution in [0.1, 0.15) is 67.6 Å². The molecule has 3 N–H and O–H groups in total. The van der Waals surface area contributed by atoms with E-state index >= 15 is 0 Å². The number of aliphatic imine (C=N–C) groups is 1. The number of rotatable bonds is 7. The quantitative estimate of drug-likeness (QED) is 0.706. The van der Waals surface area contributed by atoms with Crippen molar-refractivity contribution < 1.29 is 9.59 Å². The highest BCUT2D eigenvalue weighted by atomic mass is 32.1. The number of benzene rings is 1. The number of carbonyl (C=O) groups is 2. The van der Waals surface area contributed by atoms with E-state index in [9.17, 15) is 9.59 Å². The van der Waals surface area contributed by atoms with Gasteiger partial charge in [-0.1, -0.05) is 44.2 Å². The van der Waals surface area contributed by atoms with Crippen LogP contribution in [0.2, 0.25) is 0 Å². The van der Waals surface area contributed by atoms with E-state index in [1.807, 2.05) is 44.2 Å². The summed E-state index contributed by atoms with van der Waals surface area (Å²) in [5.41, 5.74) is 7.01. The van der Waals surface area contributed by atoms with Gasteiger partial charge in [-0.05, 0) is 31.7 Å². The van der Waals surface area contributed by atoms with E-state index in [0.29, 0.717) is 23.0 Å². The fraction of sp³-hybridized carbons (Fsp3) is 0.455. The van der Waals surface area contributed by atoms with Crippen LogP contribution in [0.3, 0.4) is 0 Å². The number of hydrogen-bond donors (Lipinski definition) is 2. The first-order valence-electron chi connectivity index (χ1n) is 10.1. The first-order chi connectivity index (χ1) is 14.2. The van der Waals surface area contributed by atoms with Crippen molar-refractivity contribution in [2.24, 2.45) is 16.6 Å². The fourth-order valence-electron chi connectivity index (χ4n) is 3.81. The second-order valence-electron chi connectivity index (χ2n) is 8.45. The van der Waals surface area contributed by atoms with Crippen LogP contribution in [0.5, 0.6) is 0 Å². The Hall–Kier alpha value is -2.74. The average Bonchev–Trinajstić information content (AvgIpc) is 3.13. The second-order valence-corrected chi connectivity index (χ2v) is 9.40. The smallest absolute Gasteiger partial charge is 0.271 e. The molecule has 3 rings (SSSR count). The first-order valence-corrected chi connectivity index (χ1v) is 11.0. The standard InChI is InChI=1S/C22H29N5O2S/c1-14(2)10-22(4)11-19(28)27(21(23)26-22)12-18-25-17(13-30-18)20(29)24-15(3)16-8-6-5-7-9-16/h5-9,13-15H,10-12H2,1-4H3,(H2,23,26)(H,24,29)/t15-,22+/m0/s1. The summed E-state index contributed by atoms with van der Waals surface area (Å²) in [5, 5.41) is 5.30. The Balaban J connectivity index is 1.66. The highest BCUT2D eigenvalue weighted by molar-refractivity contribution is 7.09. The Labute approximate surface area is 181 Å². The lowest BCUT2D eigenvalue weighted by atomic mass is 9.87. The summed E-state index contributed by atoms with van der Waals surface area (Å²) in [6.45, 7) is 8.33. The van der Waals surface area contributed by atoms with E-state index in [2.05, 4.69) is 29.1 Å². The molecule has 2 aromatic rings. The number of amides is 2.